The molecule has 5 nitrogen and oxygen atoms in total. The molecule has 3 N–H and O–H groups in total. The fraction of sp³-hybridized carbons (Fsp3) is 0.727. The molecule has 0 bridgehead atoms. The van der Waals surface area contributed by atoms with Crippen LogP contribution in [0.5, 0.6) is 0 Å². The largest absolute Gasteiger partial charge is 0.392 e. The van der Waals surface area contributed by atoms with Gasteiger partial charge in [-0.1, -0.05) is 12.2 Å². The minimum Gasteiger partial charge on any atom is -0.392 e. The van der Waals surface area contributed by atoms with Crippen LogP contribution in [0.15, 0.2) is 0 Å². The lowest BCUT2D eigenvalue weighted by Crippen LogP contribution is -2.53. The Kier molecular flexibility index (Phi) is 4.08. The van der Waals surface area contributed by atoms with E-state index in [1.165, 1.54) is 0 Å². The number of nitrogens with zero attached hydrogens (tertiary/aromatic N) is 1. The molecule has 96 valence electrons. The summed E-state index contributed by atoms with van der Waals surface area (Å²) in [4.78, 5) is 25.1. The van der Waals surface area contributed by atoms with Gasteiger partial charge in [0.1, 0.15) is 0 Å². The van der Waals surface area contributed by atoms with Crippen LogP contribution in [0.1, 0.15) is 26.7 Å². The van der Waals surface area contributed by atoms with Gasteiger partial charge >= 0.3 is 0 Å². The van der Waals surface area contributed by atoms with Crippen LogP contribution in [0, 0.1) is 5.41 Å². The minimum atomic E-state index is -0.852. The maximum absolute atomic E-state index is 12.0. The number of piperidine rings is 1. The minimum absolute atomic E-state index is 0.0150. The summed E-state index contributed by atoms with van der Waals surface area (Å²) in [6.45, 7) is 3.93. The molecular formula is C11H19N3O2S. The Bertz CT molecular complexity index is 355. The molecule has 0 spiro atoms. The Morgan fingerprint density at radius 3 is 2.65 bits per heavy atom. The van der Waals surface area contributed by atoms with Gasteiger partial charge in [0.25, 0.3) is 0 Å². The van der Waals surface area contributed by atoms with Crippen LogP contribution < -0.4 is 11.1 Å². The number of carbonyl (C=O) groups is 2. The second-order valence-electron chi connectivity index (χ2n) is 4.97. The van der Waals surface area contributed by atoms with Crippen molar-refractivity contribution in [2.75, 3.05) is 13.6 Å². The van der Waals surface area contributed by atoms with Gasteiger partial charge in [-0.15, -0.1) is 0 Å². The number of likely N-dealkylation sites (N-methyl/N-ethyl adjacent to an activating group) is 1. The molecule has 0 radical (unpaired) electrons. The highest BCUT2D eigenvalue weighted by atomic mass is 32.1. The Hall–Kier alpha value is -1.17. The lowest BCUT2D eigenvalue weighted by molar-refractivity contribution is -0.134. The Morgan fingerprint density at radius 1 is 1.59 bits per heavy atom. The third-order valence-corrected chi connectivity index (χ3v) is 3.66. The van der Waals surface area contributed by atoms with Crippen molar-refractivity contribution in [1.29, 1.82) is 0 Å². The van der Waals surface area contributed by atoms with Crippen LogP contribution in [0.3, 0.4) is 0 Å². The van der Waals surface area contributed by atoms with E-state index in [-0.39, 0.29) is 22.8 Å². The lowest BCUT2D eigenvalue weighted by atomic mass is 9.91. The van der Waals surface area contributed by atoms with Gasteiger partial charge in [-0.25, -0.2) is 0 Å². The molecule has 1 heterocycles. The number of likely N-dealkylation sites (tertiary alicyclic amines) is 1. The molecule has 17 heavy (non-hydrogen) atoms. The monoisotopic (exact) mass is 257 g/mol. The zero-order valence-corrected chi connectivity index (χ0v) is 11.3. The van der Waals surface area contributed by atoms with Crippen molar-refractivity contribution in [3.05, 3.63) is 0 Å². The third kappa shape index (κ3) is 3.15. The summed E-state index contributed by atoms with van der Waals surface area (Å²) < 4.78 is 0. The summed E-state index contributed by atoms with van der Waals surface area (Å²) in [6.07, 6.45) is 1.14. The summed E-state index contributed by atoms with van der Waals surface area (Å²) in [5, 5.41) is 2.89. The number of rotatable bonds is 3. The maximum atomic E-state index is 12.0. The van der Waals surface area contributed by atoms with Crippen LogP contribution in [-0.4, -0.2) is 41.3 Å². The normalized spacial score (nSPS) is 21.2. The number of nitrogens with two attached hydrogens (primary N) is 1. The Labute approximate surface area is 107 Å². The average molecular weight is 257 g/mol. The van der Waals surface area contributed by atoms with Gasteiger partial charge in [-0.2, -0.15) is 0 Å². The number of hydrogen-bond donors (Lipinski definition) is 2. The van der Waals surface area contributed by atoms with E-state index in [0.29, 0.717) is 19.4 Å². The zero-order chi connectivity index (χ0) is 13.2. The topological polar surface area (TPSA) is 75.4 Å². The number of amides is 2. The first-order valence-electron chi connectivity index (χ1n) is 5.60. The third-order valence-electron chi connectivity index (χ3n) is 3.15. The van der Waals surface area contributed by atoms with E-state index in [2.05, 4.69) is 5.32 Å². The first kappa shape index (κ1) is 13.9. The summed E-state index contributed by atoms with van der Waals surface area (Å²) in [6, 6.07) is -0.0150. The molecule has 1 rings (SSSR count). The fourth-order valence-corrected chi connectivity index (χ4v) is 1.70. The molecule has 1 saturated heterocycles. The fourth-order valence-electron chi connectivity index (χ4n) is 1.61. The molecular weight excluding hydrogens is 238 g/mol. The molecule has 0 aromatic rings. The summed E-state index contributed by atoms with van der Waals surface area (Å²) in [5.41, 5.74) is 4.68. The second kappa shape index (κ2) is 5.00. The Balaban J connectivity index is 2.58. The first-order chi connectivity index (χ1) is 7.75. The molecule has 1 atom stereocenters. The van der Waals surface area contributed by atoms with Crippen molar-refractivity contribution in [2.24, 2.45) is 11.1 Å². The molecule has 0 aromatic heterocycles. The van der Waals surface area contributed by atoms with Crippen LogP contribution in [0.25, 0.3) is 0 Å². The smallest absolute Gasteiger partial charge is 0.232 e. The van der Waals surface area contributed by atoms with E-state index in [9.17, 15) is 9.59 Å². The van der Waals surface area contributed by atoms with Crippen molar-refractivity contribution in [3.63, 3.8) is 0 Å². The first-order valence-corrected chi connectivity index (χ1v) is 6.01. The van der Waals surface area contributed by atoms with E-state index in [0.717, 1.165) is 0 Å². The van der Waals surface area contributed by atoms with Crippen molar-refractivity contribution >= 4 is 29.0 Å². The van der Waals surface area contributed by atoms with Crippen LogP contribution in [0.4, 0.5) is 0 Å². The van der Waals surface area contributed by atoms with Crippen LogP contribution in [-0.2, 0) is 9.59 Å². The molecule has 6 heteroatoms. The van der Waals surface area contributed by atoms with Gasteiger partial charge in [0.2, 0.25) is 11.8 Å². The number of thiocarbonyl (C=S) groups is 1. The molecule has 0 saturated carbocycles. The Morgan fingerprint density at radius 2 is 2.18 bits per heavy atom. The quantitative estimate of drug-likeness (QED) is 0.700. The standard InChI is InChI=1S/C11H19N3O2S/c1-11(2,9(12)17)10(16)13-7-4-5-8(15)14(3)6-7/h7H,4-6H2,1-3H3,(H2,12,17)(H,13,16). The van der Waals surface area contributed by atoms with Gasteiger partial charge in [0.05, 0.1) is 10.4 Å². The van der Waals surface area contributed by atoms with Crippen molar-refractivity contribution < 1.29 is 9.59 Å². The predicted octanol–water partition coefficient (Wildman–Crippen LogP) is 0.0357. The zero-order valence-electron chi connectivity index (χ0n) is 10.4. The summed E-state index contributed by atoms with van der Waals surface area (Å²) in [7, 11) is 1.74. The van der Waals surface area contributed by atoms with E-state index in [1.54, 1.807) is 25.8 Å². The highest BCUT2D eigenvalue weighted by Crippen LogP contribution is 2.17. The van der Waals surface area contributed by atoms with E-state index in [4.69, 9.17) is 18.0 Å². The summed E-state index contributed by atoms with van der Waals surface area (Å²) >= 11 is 4.87. The number of hydrogen-bond acceptors (Lipinski definition) is 3. The van der Waals surface area contributed by atoms with Gasteiger partial charge in [0, 0.05) is 26.1 Å². The number of carbonyl (C=O) groups excluding carboxylic acids is 2. The molecule has 0 aliphatic carbocycles. The second-order valence-corrected chi connectivity index (χ2v) is 5.41. The summed E-state index contributed by atoms with van der Waals surface area (Å²) in [5.74, 6) is -0.0677. The molecule has 1 unspecified atom stereocenters. The van der Waals surface area contributed by atoms with Gasteiger partial charge in [0.15, 0.2) is 0 Å². The van der Waals surface area contributed by atoms with Crippen LogP contribution in [0.2, 0.25) is 0 Å². The predicted molar refractivity (Wildman–Crippen MR) is 69.4 cm³/mol. The number of nitrogens with one attached hydrogen (secondary N) is 1. The van der Waals surface area contributed by atoms with Crippen LogP contribution >= 0.6 is 12.2 Å². The van der Waals surface area contributed by atoms with Gasteiger partial charge < -0.3 is 16.0 Å². The molecule has 2 amide bonds. The molecule has 1 aliphatic rings. The van der Waals surface area contributed by atoms with E-state index >= 15 is 0 Å². The molecule has 1 fully saturated rings. The van der Waals surface area contributed by atoms with Crippen molar-refractivity contribution in [3.8, 4) is 0 Å². The highest BCUT2D eigenvalue weighted by molar-refractivity contribution is 7.80. The van der Waals surface area contributed by atoms with Crippen molar-refractivity contribution in [2.45, 2.75) is 32.7 Å². The maximum Gasteiger partial charge on any atom is 0.232 e. The average Bonchev–Trinajstić information content (AvgIpc) is 2.23. The van der Waals surface area contributed by atoms with E-state index < -0.39 is 5.41 Å². The van der Waals surface area contributed by atoms with Gasteiger partial charge in [-0.05, 0) is 20.3 Å². The van der Waals surface area contributed by atoms with Crippen molar-refractivity contribution in [1.82, 2.24) is 10.2 Å². The SMILES string of the molecule is CN1CC(NC(=O)C(C)(C)C(N)=S)CCC1=O. The molecule has 0 aromatic carbocycles. The van der Waals surface area contributed by atoms with Gasteiger partial charge in [-0.3, -0.25) is 9.59 Å². The molecule has 1 aliphatic heterocycles. The lowest BCUT2D eigenvalue weighted by Gasteiger charge is -2.32. The highest BCUT2D eigenvalue weighted by Gasteiger charge is 2.33. The van der Waals surface area contributed by atoms with E-state index in [1.807, 2.05) is 0 Å².